The lowest BCUT2D eigenvalue weighted by Gasteiger charge is -2.34. The second-order valence-electron chi connectivity index (χ2n) is 7.50. The van der Waals surface area contributed by atoms with E-state index in [1.165, 1.54) is 4.90 Å². The Morgan fingerprint density at radius 1 is 1.29 bits per heavy atom. The van der Waals surface area contributed by atoms with Gasteiger partial charge in [0, 0.05) is 17.5 Å². The van der Waals surface area contributed by atoms with E-state index in [9.17, 15) is 18.4 Å². The number of nitrogens with zero attached hydrogens (tertiary/aromatic N) is 3. The summed E-state index contributed by atoms with van der Waals surface area (Å²) < 4.78 is 26.2. The molecule has 5 rings (SSSR count). The van der Waals surface area contributed by atoms with Crippen LogP contribution in [0.5, 0.6) is 0 Å². The zero-order valence-corrected chi connectivity index (χ0v) is 14.8. The van der Waals surface area contributed by atoms with E-state index in [0.717, 1.165) is 36.4 Å². The van der Waals surface area contributed by atoms with E-state index in [2.05, 4.69) is 15.3 Å². The van der Waals surface area contributed by atoms with Gasteiger partial charge in [0.15, 0.2) is 5.82 Å². The minimum Gasteiger partial charge on any atom is -0.328 e. The first-order chi connectivity index (χ1) is 13.4. The van der Waals surface area contributed by atoms with Crippen LogP contribution in [0.25, 0.3) is 5.57 Å². The number of carbonyl (C=O) groups is 2. The molecule has 0 saturated heterocycles. The van der Waals surface area contributed by atoms with Gasteiger partial charge in [-0.25, -0.2) is 18.7 Å². The zero-order valence-electron chi connectivity index (χ0n) is 14.8. The van der Waals surface area contributed by atoms with Crippen LogP contribution in [-0.4, -0.2) is 45.9 Å². The van der Waals surface area contributed by atoms with E-state index < -0.39 is 17.9 Å². The third-order valence-corrected chi connectivity index (χ3v) is 5.51. The third-order valence-electron chi connectivity index (χ3n) is 5.51. The molecule has 142 valence electrons. The maximum atomic E-state index is 13.3. The molecule has 6 nitrogen and oxygen atoms in total. The highest BCUT2D eigenvalue weighted by molar-refractivity contribution is 6.02. The molecule has 1 spiro atoms. The summed E-state index contributed by atoms with van der Waals surface area (Å²) in [4.78, 5) is 34.1. The molecule has 1 saturated carbocycles. The van der Waals surface area contributed by atoms with Gasteiger partial charge in [0.25, 0.3) is 5.91 Å². The van der Waals surface area contributed by atoms with Crippen molar-refractivity contribution in [2.24, 2.45) is 0 Å². The Morgan fingerprint density at radius 3 is 2.64 bits per heavy atom. The highest BCUT2D eigenvalue weighted by Gasteiger charge is 2.51. The molecule has 0 bridgehead atoms. The molecular formula is C20H16F2N4O2. The Morgan fingerprint density at radius 2 is 2.00 bits per heavy atom. The molecule has 1 aromatic heterocycles. The number of halogens is 2. The Balaban J connectivity index is 1.35. The molecule has 0 radical (unpaired) electrons. The second-order valence-corrected chi connectivity index (χ2v) is 7.50. The van der Waals surface area contributed by atoms with Crippen molar-refractivity contribution in [3.63, 3.8) is 0 Å². The molecule has 0 unspecified atom stereocenters. The van der Waals surface area contributed by atoms with E-state index in [1.807, 2.05) is 6.07 Å². The van der Waals surface area contributed by atoms with Gasteiger partial charge in [-0.15, -0.1) is 0 Å². The lowest BCUT2D eigenvalue weighted by atomic mass is 9.85. The fraction of sp³-hybridized carbons (Fsp3) is 0.300. The van der Waals surface area contributed by atoms with Crippen LogP contribution < -0.4 is 5.32 Å². The normalized spacial score (nSPS) is 21.2. The summed E-state index contributed by atoms with van der Waals surface area (Å²) in [5, 5.41) is 2.48. The number of amides is 2. The molecule has 1 fully saturated rings. The van der Waals surface area contributed by atoms with Crippen LogP contribution in [0.15, 0.2) is 36.7 Å². The summed E-state index contributed by atoms with van der Waals surface area (Å²) >= 11 is 0. The molecule has 8 heteroatoms. The molecule has 28 heavy (non-hydrogen) atoms. The number of rotatable bonds is 4. The Labute approximate surface area is 159 Å². The van der Waals surface area contributed by atoms with Gasteiger partial charge in [0.1, 0.15) is 12.7 Å². The summed E-state index contributed by atoms with van der Waals surface area (Å²) in [6.45, 7) is 0.304. The number of hydrogen-bond donors (Lipinski definition) is 1. The van der Waals surface area contributed by atoms with Crippen LogP contribution in [0.2, 0.25) is 0 Å². The molecule has 1 aromatic carbocycles. The first-order valence-electron chi connectivity index (χ1n) is 9.03. The highest BCUT2D eigenvalue weighted by Crippen LogP contribution is 2.53. The Kier molecular flexibility index (Phi) is 3.59. The van der Waals surface area contributed by atoms with Crippen molar-refractivity contribution in [3.05, 3.63) is 59.2 Å². The molecule has 2 aliphatic carbocycles. The number of nitrogens with one attached hydrogen (secondary N) is 1. The predicted molar refractivity (Wildman–Crippen MR) is 96.8 cm³/mol. The van der Waals surface area contributed by atoms with Crippen LogP contribution in [0.1, 0.15) is 34.3 Å². The third kappa shape index (κ3) is 2.85. The number of benzene rings is 1. The molecule has 2 amide bonds. The van der Waals surface area contributed by atoms with Crippen molar-refractivity contribution < 1.29 is 18.4 Å². The summed E-state index contributed by atoms with van der Waals surface area (Å²) in [7, 11) is 0. The molecule has 1 atom stereocenters. The number of fused-ring (bicyclic) bond motifs is 2. The molecule has 1 N–H and O–H groups in total. The largest absolute Gasteiger partial charge is 0.328 e. The summed E-state index contributed by atoms with van der Waals surface area (Å²) in [5.74, 6) is -1.28. The van der Waals surface area contributed by atoms with Crippen LogP contribution in [0.4, 0.5) is 14.7 Å². The van der Waals surface area contributed by atoms with Crippen molar-refractivity contribution >= 4 is 23.3 Å². The van der Waals surface area contributed by atoms with Crippen LogP contribution >= 0.6 is 0 Å². The van der Waals surface area contributed by atoms with Crippen LogP contribution in [0.3, 0.4) is 0 Å². The van der Waals surface area contributed by atoms with E-state index in [0.29, 0.717) is 17.7 Å². The predicted octanol–water partition coefficient (Wildman–Crippen LogP) is 2.48. The van der Waals surface area contributed by atoms with Gasteiger partial charge >= 0.3 is 0 Å². The van der Waals surface area contributed by atoms with Gasteiger partial charge < -0.3 is 4.90 Å². The first-order valence-corrected chi connectivity index (χ1v) is 9.03. The summed E-state index contributed by atoms with van der Waals surface area (Å²) in [6.07, 6.45) is 4.33. The first kappa shape index (κ1) is 17.0. The van der Waals surface area contributed by atoms with E-state index in [4.69, 9.17) is 0 Å². The van der Waals surface area contributed by atoms with Gasteiger partial charge in [-0.3, -0.25) is 14.9 Å². The quantitative estimate of drug-likeness (QED) is 0.882. The smallest absolute Gasteiger partial charge is 0.254 e. The van der Waals surface area contributed by atoms with E-state index >= 15 is 0 Å². The van der Waals surface area contributed by atoms with Crippen LogP contribution in [0, 0.1) is 5.82 Å². The topological polar surface area (TPSA) is 75.2 Å². The second kappa shape index (κ2) is 5.92. The average Bonchev–Trinajstić information content (AvgIpc) is 3.59. The molecule has 2 aromatic rings. The molecule has 2 heterocycles. The summed E-state index contributed by atoms with van der Waals surface area (Å²) in [5.41, 5.74) is 2.85. The monoisotopic (exact) mass is 382 g/mol. The van der Waals surface area contributed by atoms with Crippen molar-refractivity contribution in [1.29, 1.82) is 0 Å². The molecular weight excluding hydrogens is 366 g/mol. The number of aromatic nitrogens is 2. The minimum atomic E-state index is -0.985. The Hall–Kier alpha value is -3.16. The number of allylic oxidation sites excluding steroid dienone is 2. The SMILES string of the molecule is O=C(CN1CC2(CC2)c2cc(C3=C[C@H]3F)ccc2C1=O)Nc1ncc(F)cn1. The highest BCUT2D eigenvalue weighted by atomic mass is 19.1. The van der Waals surface area contributed by atoms with Crippen molar-refractivity contribution in [2.75, 3.05) is 18.4 Å². The van der Waals surface area contributed by atoms with Crippen LogP contribution in [-0.2, 0) is 10.2 Å². The maximum Gasteiger partial charge on any atom is 0.254 e. The lowest BCUT2D eigenvalue weighted by Crippen LogP contribution is -2.46. The fourth-order valence-electron chi connectivity index (χ4n) is 3.83. The Bertz CT molecular complexity index is 1030. The lowest BCUT2D eigenvalue weighted by molar-refractivity contribution is -0.117. The van der Waals surface area contributed by atoms with Crippen molar-refractivity contribution in [1.82, 2.24) is 14.9 Å². The molecule has 3 aliphatic rings. The maximum absolute atomic E-state index is 13.3. The molecule has 1 aliphatic heterocycles. The van der Waals surface area contributed by atoms with Crippen molar-refractivity contribution in [3.8, 4) is 0 Å². The minimum absolute atomic E-state index is 0.0134. The number of alkyl halides is 1. The van der Waals surface area contributed by atoms with Gasteiger partial charge in [0.2, 0.25) is 11.9 Å². The van der Waals surface area contributed by atoms with Crippen molar-refractivity contribution in [2.45, 2.75) is 24.4 Å². The van der Waals surface area contributed by atoms with E-state index in [1.54, 1.807) is 18.2 Å². The fourth-order valence-corrected chi connectivity index (χ4v) is 3.83. The van der Waals surface area contributed by atoms with Gasteiger partial charge in [0.05, 0.1) is 12.4 Å². The van der Waals surface area contributed by atoms with Gasteiger partial charge in [-0.1, -0.05) is 6.07 Å². The number of hydrogen-bond acceptors (Lipinski definition) is 4. The van der Waals surface area contributed by atoms with E-state index in [-0.39, 0.29) is 23.8 Å². The van der Waals surface area contributed by atoms with Gasteiger partial charge in [-0.05, 0) is 47.8 Å². The number of carbonyl (C=O) groups excluding carboxylic acids is 2. The average molecular weight is 382 g/mol. The summed E-state index contributed by atoms with van der Waals surface area (Å²) in [6, 6.07) is 5.41. The zero-order chi connectivity index (χ0) is 19.5. The number of anilines is 1. The van der Waals surface area contributed by atoms with Gasteiger partial charge in [-0.2, -0.15) is 0 Å². The standard InChI is InChI=1S/C20H16F2N4O2/c21-12-7-23-19(24-8-12)25-17(27)9-26-10-20(3-4-20)15-5-11(14-6-16(14)22)1-2-13(15)18(26)28/h1-2,5-8,16H,3-4,9-10H2,(H,23,24,25,27)/t16-/m1/s1.